The molecule has 0 radical (unpaired) electrons. The number of benzene rings is 1. The predicted molar refractivity (Wildman–Crippen MR) is 79.4 cm³/mol. The van der Waals surface area contributed by atoms with Crippen LogP contribution in [-0.4, -0.2) is 32.2 Å². The zero-order valence-electron chi connectivity index (χ0n) is 13.5. The first-order valence-corrected chi connectivity index (χ1v) is 6.95. The van der Waals surface area contributed by atoms with Crippen LogP contribution in [0.25, 0.3) is 0 Å². The van der Waals surface area contributed by atoms with E-state index in [2.05, 4.69) is 0 Å². The van der Waals surface area contributed by atoms with Crippen molar-refractivity contribution in [3.8, 4) is 5.75 Å². The molecule has 0 atom stereocenters. The van der Waals surface area contributed by atoms with Gasteiger partial charge in [-0.1, -0.05) is 0 Å². The third-order valence-electron chi connectivity index (χ3n) is 4.13. The molecule has 1 aliphatic heterocycles. The van der Waals surface area contributed by atoms with Crippen LogP contribution in [0.5, 0.6) is 5.75 Å². The minimum atomic E-state index is -0.669. The molecule has 0 aromatic heterocycles. The van der Waals surface area contributed by atoms with Gasteiger partial charge in [-0.15, -0.1) is 0 Å². The van der Waals surface area contributed by atoms with Crippen molar-refractivity contribution in [2.24, 2.45) is 0 Å². The molecular formula is C15H22BFO4. The van der Waals surface area contributed by atoms with Crippen molar-refractivity contribution < 1.29 is 23.2 Å². The fraction of sp³-hybridized carbons (Fsp3) is 0.600. The number of hydrogen-bond donors (Lipinski definition) is 0. The van der Waals surface area contributed by atoms with E-state index in [4.69, 9.17) is 18.8 Å². The minimum Gasteiger partial charge on any atom is -0.468 e. The van der Waals surface area contributed by atoms with Crippen LogP contribution in [0.1, 0.15) is 33.3 Å². The summed E-state index contributed by atoms with van der Waals surface area (Å²) >= 11 is 0. The maximum atomic E-state index is 13.9. The summed E-state index contributed by atoms with van der Waals surface area (Å²) in [4.78, 5) is 0. The monoisotopic (exact) mass is 296 g/mol. The first-order valence-electron chi connectivity index (χ1n) is 6.95. The first kappa shape index (κ1) is 16.3. The van der Waals surface area contributed by atoms with E-state index in [0.29, 0.717) is 16.8 Å². The molecule has 6 heteroatoms. The Balaban J connectivity index is 2.37. The van der Waals surface area contributed by atoms with Crippen LogP contribution < -0.4 is 10.2 Å². The molecule has 0 unspecified atom stereocenters. The Hall–Kier alpha value is -1.11. The fourth-order valence-corrected chi connectivity index (χ4v) is 2.07. The lowest BCUT2D eigenvalue weighted by atomic mass is 9.78. The second-order valence-electron chi connectivity index (χ2n) is 6.28. The van der Waals surface area contributed by atoms with Crippen molar-refractivity contribution in [1.29, 1.82) is 0 Å². The van der Waals surface area contributed by atoms with Gasteiger partial charge in [0.05, 0.1) is 11.2 Å². The van der Waals surface area contributed by atoms with Gasteiger partial charge in [0.1, 0.15) is 11.6 Å². The van der Waals surface area contributed by atoms with Crippen molar-refractivity contribution in [1.82, 2.24) is 0 Å². The van der Waals surface area contributed by atoms with Crippen LogP contribution in [-0.2, 0) is 14.0 Å². The number of halogens is 1. The van der Waals surface area contributed by atoms with Gasteiger partial charge in [0, 0.05) is 12.6 Å². The van der Waals surface area contributed by atoms with Crippen LogP contribution in [0.15, 0.2) is 12.1 Å². The van der Waals surface area contributed by atoms with Crippen molar-refractivity contribution >= 4 is 12.6 Å². The number of methoxy groups -OCH3 is 1. The number of ether oxygens (including phenoxy) is 2. The summed E-state index contributed by atoms with van der Waals surface area (Å²) in [5.74, 6) is 0.193. The lowest BCUT2D eigenvalue weighted by Crippen LogP contribution is -2.41. The van der Waals surface area contributed by atoms with E-state index in [1.54, 1.807) is 13.0 Å². The second kappa shape index (κ2) is 5.59. The summed E-state index contributed by atoms with van der Waals surface area (Å²) in [6, 6.07) is 3.04. The van der Waals surface area contributed by atoms with Gasteiger partial charge in [-0.3, -0.25) is 0 Å². The summed E-state index contributed by atoms with van der Waals surface area (Å²) in [7, 11) is 0.863. The SMILES string of the molecule is COCOc1cc(C)c(F)cc1B1OC(C)(C)C(C)(C)O1. The molecular weight excluding hydrogens is 274 g/mol. The molecule has 2 rings (SSSR count). The third-order valence-corrected chi connectivity index (χ3v) is 4.13. The summed E-state index contributed by atoms with van der Waals surface area (Å²) in [5, 5.41) is 0. The highest BCUT2D eigenvalue weighted by molar-refractivity contribution is 6.63. The van der Waals surface area contributed by atoms with E-state index in [-0.39, 0.29) is 12.6 Å². The minimum absolute atomic E-state index is 0.0809. The van der Waals surface area contributed by atoms with Gasteiger partial charge in [0.25, 0.3) is 0 Å². The molecule has 116 valence electrons. The largest absolute Gasteiger partial charge is 0.498 e. The van der Waals surface area contributed by atoms with E-state index in [1.165, 1.54) is 13.2 Å². The van der Waals surface area contributed by atoms with Gasteiger partial charge in [0.2, 0.25) is 0 Å². The smallest absolute Gasteiger partial charge is 0.468 e. The van der Waals surface area contributed by atoms with E-state index in [1.807, 2.05) is 27.7 Å². The van der Waals surface area contributed by atoms with E-state index >= 15 is 0 Å². The van der Waals surface area contributed by atoms with Crippen LogP contribution >= 0.6 is 0 Å². The van der Waals surface area contributed by atoms with E-state index in [9.17, 15) is 4.39 Å². The van der Waals surface area contributed by atoms with E-state index in [0.717, 1.165) is 0 Å². The number of hydrogen-bond acceptors (Lipinski definition) is 4. The summed E-state index contributed by atoms with van der Waals surface area (Å²) in [6.07, 6.45) is 0. The average Bonchev–Trinajstić information content (AvgIpc) is 2.59. The Labute approximate surface area is 125 Å². The standard InChI is InChI=1S/C15H22BFO4/c1-10-7-13(19-9-18-6)11(8-12(10)17)16-20-14(2,3)15(4,5)21-16/h7-8H,9H2,1-6H3. The molecule has 4 nitrogen and oxygen atoms in total. The van der Waals surface area contributed by atoms with Gasteiger partial charge < -0.3 is 18.8 Å². The van der Waals surface area contributed by atoms with Crippen LogP contribution in [0.4, 0.5) is 4.39 Å². The van der Waals surface area contributed by atoms with Crippen molar-refractivity contribution in [3.05, 3.63) is 23.5 Å². The normalized spacial score (nSPS) is 19.9. The maximum absolute atomic E-state index is 13.9. The first-order chi connectivity index (χ1) is 9.68. The van der Waals surface area contributed by atoms with Gasteiger partial charge in [-0.05, 0) is 52.3 Å². The third kappa shape index (κ3) is 3.07. The van der Waals surface area contributed by atoms with Crippen molar-refractivity contribution in [3.63, 3.8) is 0 Å². The Morgan fingerprint density at radius 2 is 1.71 bits per heavy atom. The highest BCUT2D eigenvalue weighted by atomic mass is 19.1. The maximum Gasteiger partial charge on any atom is 0.498 e. The molecule has 0 spiro atoms. The van der Waals surface area contributed by atoms with Gasteiger partial charge in [-0.2, -0.15) is 0 Å². The molecule has 0 amide bonds. The van der Waals surface area contributed by atoms with Gasteiger partial charge >= 0.3 is 7.12 Å². The van der Waals surface area contributed by atoms with Crippen molar-refractivity contribution in [2.45, 2.75) is 45.8 Å². The molecule has 0 bridgehead atoms. The molecule has 1 aliphatic rings. The molecule has 1 aromatic rings. The predicted octanol–water partition coefficient (Wildman–Crippen LogP) is 2.42. The molecule has 0 N–H and O–H groups in total. The zero-order chi connectivity index (χ0) is 15.8. The Morgan fingerprint density at radius 1 is 1.14 bits per heavy atom. The Kier molecular flexibility index (Phi) is 4.33. The van der Waals surface area contributed by atoms with Crippen molar-refractivity contribution in [2.75, 3.05) is 13.9 Å². The quantitative estimate of drug-likeness (QED) is 0.631. The molecule has 1 fully saturated rings. The van der Waals surface area contributed by atoms with E-state index < -0.39 is 18.3 Å². The zero-order valence-corrected chi connectivity index (χ0v) is 13.5. The summed E-state index contributed by atoms with van der Waals surface area (Å²) < 4.78 is 36.3. The number of rotatable bonds is 4. The number of aryl methyl sites for hydroxylation is 1. The lowest BCUT2D eigenvalue weighted by molar-refractivity contribution is 0.00578. The Bertz CT molecular complexity index is 515. The van der Waals surface area contributed by atoms with Crippen LogP contribution in [0.3, 0.4) is 0 Å². The van der Waals surface area contributed by atoms with Gasteiger partial charge in [0.15, 0.2) is 6.79 Å². The highest BCUT2D eigenvalue weighted by Crippen LogP contribution is 2.37. The molecule has 0 aliphatic carbocycles. The fourth-order valence-electron chi connectivity index (χ4n) is 2.07. The molecule has 1 aromatic carbocycles. The summed E-state index contributed by atoms with van der Waals surface area (Å²) in [6.45, 7) is 9.57. The molecule has 1 saturated heterocycles. The second-order valence-corrected chi connectivity index (χ2v) is 6.28. The molecule has 1 heterocycles. The topological polar surface area (TPSA) is 36.9 Å². The van der Waals surface area contributed by atoms with Gasteiger partial charge in [-0.25, -0.2) is 4.39 Å². The Morgan fingerprint density at radius 3 is 2.24 bits per heavy atom. The highest BCUT2D eigenvalue weighted by Gasteiger charge is 2.52. The lowest BCUT2D eigenvalue weighted by Gasteiger charge is -2.32. The molecule has 21 heavy (non-hydrogen) atoms. The molecule has 0 saturated carbocycles. The average molecular weight is 296 g/mol. The van der Waals surface area contributed by atoms with Crippen LogP contribution in [0, 0.1) is 12.7 Å². The van der Waals surface area contributed by atoms with Crippen LogP contribution in [0.2, 0.25) is 0 Å². The summed E-state index contributed by atoms with van der Waals surface area (Å²) in [5.41, 5.74) is 0.0601.